The van der Waals surface area contributed by atoms with Gasteiger partial charge < -0.3 is 10.4 Å². The van der Waals surface area contributed by atoms with Gasteiger partial charge in [0.1, 0.15) is 0 Å². The van der Waals surface area contributed by atoms with Gasteiger partial charge in [-0.2, -0.15) is 0 Å². The maximum Gasteiger partial charge on any atom is 0.0805 e. The lowest BCUT2D eigenvalue weighted by Gasteiger charge is -2.27. The minimum Gasteiger partial charge on any atom is -0.390 e. The van der Waals surface area contributed by atoms with Gasteiger partial charge in [0.15, 0.2) is 0 Å². The number of nitrogens with one attached hydrogen (secondary N) is 1. The highest BCUT2D eigenvalue weighted by Crippen LogP contribution is 2.22. The molecule has 0 heterocycles. The van der Waals surface area contributed by atoms with Crippen LogP contribution in [0.25, 0.3) is 0 Å². The van der Waals surface area contributed by atoms with Crippen LogP contribution < -0.4 is 5.32 Å². The van der Waals surface area contributed by atoms with E-state index in [-0.39, 0.29) is 13.1 Å². The number of halogens is 2. The Bertz CT molecular complexity index is 137. The molecule has 0 saturated carbocycles. The van der Waals surface area contributed by atoms with E-state index in [0.717, 1.165) is 0 Å². The van der Waals surface area contributed by atoms with Crippen LogP contribution in [0.2, 0.25) is 0 Å². The number of aliphatic hydroxyl groups excluding tert-OH is 1. The van der Waals surface area contributed by atoms with Crippen molar-refractivity contribution in [2.24, 2.45) is 0 Å². The second kappa shape index (κ2) is 4.75. The largest absolute Gasteiger partial charge is 0.390 e. The van der Waals surface area contributed by atoms with E-state index in [2.05, 4.69) is 64.3 Å². The normalized spacial score (nSPS) is 16.2. The molecule has 2 N–H and O–H groups in total. The van der Waals surface area contributed by atoms with E-state index in [0.29, 0.717) is 6.54 Å². The number of hydrogen-bond donors (Lipinski definition) is 2. The monoisotopic (exact) mass is 397 g/mol. The standard InChI is InChI=1S/C8H17I2NO/c1-7(2,9)6(12)5-11-8(3,4)10/h6,11-12H,5H2,1-4H3. The molecule has 0 aromatic carbocycles. The number of hydrogen-bond acceptors (Lipinski definition) is 2. The molecular weight excluding hydrogens is 380 g/mol. The van der Waals surface area contributed by atoms with Gasteiger partial charge in [0, 0.05) is 9.97 Å². The lowest BCUT2D eigenvalue weighted by atomic mass is 10.1. The van der Waals surface area contributed by atoms with Crippen LogP contribution in [0.4, 0.5) is 0 Å². The highest BCUT2D eigenvalue weighted by molar-refractivity contribution is 14.1. The molecule has 0 saturated heterocycles. The summed E-state index contributed by atoms with van der Waals surface area (Å²) in [6.07, 6.45) is -0.299. The van der Waals surface area contributed by atoms with Crippen LogP contribution >= 0.6 is 45.2 Å². The summed E-state index contributed by atoms with van der Waals surface area (Å²) in [5.41, 5.74) is 0. The minimum atomic E-state index is -0.299. The smallest absolute Gasteiger partial charge is 0.0805 e. The number of rotatable bonds is 4. The van der Waals surface area contributed by atoms with Gasteiger partial charge in [-0.25, -0.2) is 0 Å². The topological polar surface area (TPSA) is 32.3 Å². The summed E-state index contributed by atoms with van der Waals surface area (Å²) >= 11 is 4.58. The van der Waals surface area contributed by atoms with Crippen LogP contribution in [-0.4, -0.2) is 24.7 Å². The van der Waals surface area contributed by atoms with Crippen molar-refractivity contribution < 1.29 is 5.11 Å². The molecular formula is C8H17I2NO. The Balaban J connectivity index is 3.80. The zero-order valence-electron chi connectivity index (χ0n) is 7.99. The van der Waals surface area contributed by atoms with E-state index in [4.69, 9.17) is 0 Å². The molecule has 0 fully saturated rings. The summed E-state index contributed by atoms with van der Waals surface area (Å²) in [6, 6.07) is 0. The van der Waals surface area contributed by atoms with Crippen molar-refractivity contribution in [1.29, 1.82) is 0 Å². The highest BCUT2D eigenvalue weighted by Gasteiger charge is 2.25. The van der Waals surface area contributed by atoms with Crippen LogP contribution in [0.1, 0.15) is 27.7 Å². The van der Waals surface area contributed by atoms with Gasteiger partial charge in [0.2, 0.25) is 0 Å². The van der Waals surface area contributed by atoms with Crippen LogP contribution in [0.15, 0.2) is 0 Å². The van der Waals surface area contributed by atoms with Gasteiger partial charge in [-0.05, 0) is 27.7 Å². The maximum absolute atomic E-state index is 9.68. The molecule has 0 aromatic heterocycles. The van der Waals surface area contributed by atoms with Gasteiger partial charge in [0.05, 0.1) is 9.65 Å². The van der Waals surface area contributed by atoms with Crippen molar-refractivity contribution in [2.75, 3.05) is 6.54 Å². The summed E-state index contributed by atoms with van der Waals surface area (Å²) in [4.78, 5) is 0. The molecule has 4 heteroatoms. The summed E-state index contributed by atoms with van der Waals surface area (Å²) in [5.74, 6) is 0. The van der Waals surface area contributed by atoms with E-state index < -0.39 is 0 Å². The molecule has 0 aromatic rings. The quantitative estimate of drug-likeness (QED) is 0.434. The SMILES string of the molecule is CC(C)(I)NCC(O)C(C)(C)I. The van der Waals surface area contributed by atoms with Gasteiger partial charge in [0.25, 0.3) is 0 Å². The van der Waals surface area contributed by atoms with E-state index in [9.17, 15) is 5.11 Å². The third-order valence-electron chi connectivity index (χ3n) is 1.51. The van der Waals surface area contributed by atoms with Crippen molar-refractivity contribution in [2.45, 2.75) is 40.8 Å². The molecule has 1 unspecified atom stereocenters. The summed E-state index contributed by atoms with van der Waals surface area (Å²) in [6.45, 7) is 8.87. The fraction of sp³-hybridized carbons (Fsp3) is 1.00. The van der Waals surface area contributed by atoms with Crippen LogP contribution in [0, 0.1) is 0 Å². The van der Waals surface area contributed by atoms with Crippen LogP contribution in [0.5, 0.6) is 0 Å². The average Bonchev–Trinajstić information content (AvgIpc) is 1.78. The molecule has 0 spiro atoms. The lowest BCUT2D eigenvalue weighted by Crippen LogP contribution is -2.44. The zero-order chi connectivity index (χ0) is 9.99. The van der Waals surface area contributed by atoms with Gasteiger partial charge in [-0.3, -0.25) is 0 Å². The molecule has 0 aliphatic rings. The molecule has 0 rings (SSSR count). The summed E-state index contributed by atoms with van der Waals surface area (Å²) < 4.78 is -0.00667. The Kier molecular flexibility index (Phi) is 5.29. The first-order valence-electron chi connectivity index (χ1n) is 3.94. The van der Waals surface area contributed by atoms with Crippen molar-refractivity contribution in [3.8, 4) is 0 Å². The van der Waals surface area contributed by atoms with Crippen molar-refractivity contribution in [3.05, 3.63) is 0 Å². The molecule has 1 atom stereocenters. The Morgan fingerprint density at radius 1 is 1.25 bits per heavy atom. The van der Waals surface area contributed by atoms with E-state index in [1.54, 1.807) is 0 Å². The average molecular weight is 397 g/mol. The first kappa shape index (κ1) is 13.4. The second-order valence-corrected chi connectivity index (χ2v) is 9.41. The third kappa shape index (κ3) is 6.85. The number of aliphatic hydroxyl groups is 1. The molecule has 0 aliphatic heterocycles. The summed E-state index contributed by atoms with van der Waals surface area (Å²) in [5, 5.41) is 12.9. The molecule has 74 valence electrons. The Morgan fingerprint density at radius 2 is 1.67 bits per heavy atom. The van der Waals surface area contributed by atoms with Gasteiger partial charge >= 0.3 is 0 Å². The molecule has 12 heavy (non-hydrogen) atoms. The Labute approximate surface area is 102 Å². The first-order valence-corrected chi connectivity index (χ1v) is 6.09. The molecule has 2 nitrogen and oxygen atoms in total. The highest BCUT2D eigenvalue weighted by atomic mass is 127. The molecule has 0 aliphatic carbocycles. The lowest BCUT2D eigenvalue weighted by molar-refractivity contribution is 0.143. The van der Waals surface area contributed by atoms with E-state index >= 15 is 0 Å². The predicted molar refractivity (Wildman–Crippen MR) is 70.2 cm³/mol. The third-order valence-corrected chi connectivity index (χ3v) is 2.61. The van der Waals surface area contributed by atoms with Crippen LogP contribution in [-0.2, 0) is 0 Å². The Morgan fingerprint density at radius 3 is 1.92 bits per heavy atom. The molecule has 0 amide bonds. The number of alkyl halides is 2. The van der Waals surface area contributed by atoms with E-state index in [1.807, 2.05) is 13.8 Å². The van der Waals surface area contributed by atoms with E-state index in [1.165, 1.54) is 0 Å². The molecule has 0 radical (unpaired) electrons. The molecule has 0 bridgehead atoms. The fourth-order valence-electron chi connectivity index (χ4n) is 0.582. The predicted octanol–water partition coefficient (Wildman–Crippen LogP) is 2.32. The van der Waals surface area contributed by atoms with Crippen molar-refractivity contribution in [1.82, 2.24) is 5.32 Å². The van der Waals surface area contributed by atoms with Crippen LogP contribution in [0.3, 0.4) is 0 Å². The van der Waals surface area contributed by atoms with Gasteiger partial charge in [-0.15, -0.1) is 0 Å². The maximum atomic E-state index is 9.68. The second-order valence-electron chi connectivity index (χ2n) is 3.93. The fourth-order valence-corrected chi connectivity index (χ4v) is 1.02. The Hall–Kier alpha value is 1.38. The van der Waals surface area contributed by atoms with Gasteiger partial charge in [-0.1, -0.05) is 45.2 Å². The zero-order valence-corrected chi connectivity index (χ0v) is 12.3. The first-order chi connectivity index (χ1) is 5.13. The van der Waals surface area contributed by atoms with Crippen molar-refractivity contribution in [3.63, 3.8) is 0 Å². The summed E-state index contributed by atoms with van der Waals surface area (Å²) in [7, 11) is 0. The van der Waals surface area contributed by atoms with Crippen molar-refractivity contribution >= 4 is 45.2 Å². The minimum absolute atomic E-state index is 0.0562.